The number of rotatable bonds is 6. The fourth-order valence-electron chi connectivity index (χ4n) is 2.22. The summed E-state index contributed by atoms with van der Waals surface area (Å²) in [5.74, 6) is -0.975. The van der Waals surface area contributed by atoms with Gasteiger partial charge in [-0.05, 0) is 18.3 Å². The van der Waals surface area contributed by atoms with Crippen molar-refractivity contribution in [2.24, 2.45) is 5.41 Å². The Bertz CT molecular complexity index is 426. The molecule has 0 aromatic carbocycles. The molecule has 0 spiro atoms. The van der Waals surface area contributed by atoms with E-state index in [1.807, 2.05) is 0 Å². The minimum absolute atomic E-state index is 0.114. The van der Waals surface area contributed by atoms with Crippen LogP contribution in [0, 0.1) is 5.41 Å². The van der Waals surface area contributed by atoms with Gasteiger partial charge in [0.05, 0.1) is 12.6 Å². The number of carboxylic acid groups (broad SMARTS) is 1. The summed E-state index contributed by atoms with van der Waals surface area (Å²) in [4.78, 5) is 22.4. The Kier molecular flexibility index (Phi) is 3.59. The summed E-state index contributed by atoms with van der Waals surface area (Å²) >= 11 is 0. The number of carboxylic acids is 1. The molecule has 2 rings (SSSR count). The summed E-state index contributed by atoms with van der Waals surface area (Å²) in [7, 11) is 0. The third-order valence-corrected chi connectivity index (χ3v) is 3.38. The van der Waals surface area contributed by atoms with E-state index >= 15 is 0 Å². The van der Waals surface area contributed by atoms with Crippen LogP contribution in [0.2, 0.25) is 0 Å². The predicted molar refractivity (Wildman–Crippen MR) is 61.6 cm³/mol. The molecule has 0 radical (unpaired) electrons. The predicted octanol–water partition coefficient (Wildman–Crippen LogP) is 0.0393. The summed E-state index contributed by atoms with van der Waals surface area (Å²) < 4.78 is 1.43. The van der Waals surface area contributed by atoms with Gasteiger partial charge in [-0.15, -0.1) is 5.10 Å². The molecular weight excluding hydrogens is 236 g/mol. The van der Waals surface area contributed by atoms with Crippen LogP contribution < -0.4 is 5.32 Å². The van der Waals surface area contributed by atoms with E-state index in [1.165, 1.54) is 10.9 Å². The highest BCUT2D eigenvalue weighted by Crippen LogP contribution is 2.43. The number of hydrogen-bond acceptors (Lipinski definition) is 4. The van der Waals surface area contributed by atoms with Gasteiger partial charge < -0.3 is 10.4 Å². The first-order chi connectivity index (χ1) is 8.60. The minimum atomic E-state index is -0.805. The van der Waals surface area contributed by atoms with Crippen LogP contribution in [-0.4, -0.2) is 38.5 Å². The number of aromatic nitrogens is 3. The second-order valence-electron chi connectivity index (χ2n) is 4.80. The van der Waals surface area contributed by atoms with Crippen molar-refractivity contribution < 1.29 is 14.7 Å². The zero-order valence-electron chi connectivity index (χ0n) is 10.0. The van der Waals surface area contributed by atoms with E-state index in [-0.39, 0.29) is 24.3 Å². The lowest BCUT2D eigenvalue weighted by Gasteiger charge is -2.40. The molecule has 18 heavy (non-hydrogen) atoms. The normalized spacial score (nSPS) is 16.9. The van der Waals surface area contributed by atoms with Crippen molar-refractivity contribution in [2.75, 3.05) is 6.54 Å². The number of nitrogens with zero attached hydrogens (tertiary/aromatic N) is 3. The zero-order chi connectivity index (χ0) is 13.0. The minimum Gasteiger partial charge on any atom is -0.481 e. The van der Waals surface area contributed by atoms with Crippen molar-refractivity contribution in [1.29, 1.82) is 0 Å². The second-order valence-corrected chi connectivity index (χ2v) is 4.80. The molecule has 0 unspecified atom stereocenters. The molecule has 1 amide bonds. The number of nitrogens with one attached hydrogen (secondary N) is 1. The van der Waals surface area contributed by atoms with Gasteiger partial charge in [0.15, 0.2) is 0 Å². The fraction of sp³-hybridized carbons (Fsp3) is 0.636. The van der Waals surface area contributed by atoms with Gasteiger partial charge in [0.1, 0.15) is 6.54 Å². The Morgan fingerprint density at radius 3 is 2.72 bits per heavy atom. The van der Waals surface area contributed by atoms with Gasteiger partial charge in [-0.1, -0.05) is 11.6 Å². The first kappa shape index (κ1) is 12.5. The van der Waals surface area contributed by atoms with E-state index in [0.717, 1.165) is 19.3 Å². The smallest absolute Gasteiger partial charge is 0.303 e. The molecule has 1 aliphatic rings. The van der Waals surface area contributed by atoms with Crippen molar-refractivity contribution in [1.82, 2.24) is 20.3 Å². The Hall–Kier alpha value is -1.92. The summed E-state index contributed by atoms with van der Waals surface area (Å²) in [5.41, 5.74) is -0.246. The first-order valence-electron chi connectivity index (χ1n) is 5.92. The molecule has 2 N–H and O–H groups in total. The standard InChI is InChI=1S/C11H16N4O3/c16-9(7-15-5-4-13-14-15)12-8-11(2-1-3-11)6-10(17)18/h4-5H,1-3,6-8H2,(H,12,16)(H,17,18). The lowest BCUT2D eigenvalue weighted by molar-refractivity contribution is -0.141. The molecule has 7 heteroatoms. The molecule has 7 nitrogen and oxygen atoms in total. The molecule has 0 atom stereocenters. The van der Waals surface area contributed by atoms with Crippen LogP contribution >= 0.6 is 0 Å². The third-order valence-electron chi connectivity index (χ3n) is 3.38. The summed E-state index contributed by atoms with van der Waals surface area (Å²) in [6.07, 6.45) is 6.00. The second kappa shape index (κ2) is 5.16. The van der Waals surface area contributed by atoms with Gasteiger partial charge in [-0.25, -0.2) is 4.68 Å². The van der Waals surface area contributed by atoms with E-state index in [9.17, 15) is 9.59 Å². The van der Waals surface area contributed by atoms with Crippen molar-refractivity contribution in [3.63, 3.8) is 0 Å². The van der Waals surface area contributed by atoms with Crippen LogP contribution in [-0.2, 0) is 16.1 Å². The fourth-order valence-corrected chi connectivity index (χ4v) is 2.22. The monoisotopic (exact) mass is 252 g/mol. The van der Waals surface area contributed by atoms with Crippen molar-refractivity contribution >= 4 is 11.9 Å². The van der Waals surface area contributed by atoms with Gasteiger partial charge in [0, 0.05) is 12.7 Å². The Labute approximate surface area is 104 Å². The topological polar surface area (TPSA) is 97.1 Å². The molecule has 1 aromatic heterocycles. The largest absolute Gasteiger partial charge is 0.481 e. The van der Waals surface area contributed by atoms with Gasteiger partial charge in [-0.2, -0.15) is 0 Å². The molecule has 1 fully saturated rings. The average molecular weight is 252 g/mol. The first-order valence-corrected chi connectivity index (χ1v) is 5.92. The lowest BCUT2D eigenvalue weighted by atomic mass is 9.66. The number of carbonyl (C=O) groups excluding carboxylic acids is 1. The maximum atomic E-state index is 11.6. The van der Waals surface area contributed by atoms with Crippen molar-refractivity contribution in [3.05, 3.63) is 12.4 Å². The molecule has 0 saturated heterocycles. The number of aliphatic carboxylic acids is 1. The Morgan fingerprint density at radius 1 is 1.44 bits per heavy atom. The number of amides is 1. The van der Waals surface area contributed by atoms with E-state index in [2.05, 4.69) is 15.6 Å². The van der Waals surface area contributed by atoms with Crippen molar-refractivity contribution in [2.45, 2.75) is 32.2 Å². The summed E-state index contributed by atoms with van der Waals surface area (Å²) in [6, 6.07) is 0. The highest BCUT2D eigenvalue weighted by molar-refractivity contribution is 5.75. The molecule has 98 valence electrons. The molecule has 1 aromatic rings. The highest BCUT2D eigenvalue weighted by atomic mass is 16.4. The molecule has 0 aliphatic heterocycles. The summed E-state index contributed by atoms with van der Waals surface area (Å²) in [5, 5.41) is 18.9. The van der Waals surface area contributed by atoms with Crippen LogP contribution in [0.1, 0.15) is 25.7 Å². The molecule has 0 bridgehead atoms. The Balaban J connectivity index is 1.79. The molecular formula is C11H16N4O3. The van der Waals surface area contributed by atoms with Crippen molar-refractivity contribution in [3.8, 4) is 0 Å². The highest BCUT2D eigenvalue weighted by Gasteiger charge is 2.39. The average Bonchev–Trinajstić information content (AvgIpc) is 2.74. The Morgan fingerprint density at radius 2 is 2.22 bits per heavy atom. The van der Waals surface area contributed by atoms with Crippen LogP contribution in [0.5, 0.6) is 0 Å². The van der Waals surface area contributed by atoms with E-state index in [1.54, 1.807) is 6.20 Å². The third kappa shape index (κ3) is 3.06. The van der Waals surface area contributed by atoms with Crippen LogP contribution in [0.3, 0.4) is 0 Å². The van der Waals surface area contributed by atoms with Crippen LogP contribution in [0.4, 0.5) is 0 Å². The number of hydrogen-bond donors (Lipinski definition) is 2. The van der Waals surface area contributed by atoms with E-state index in [4.69, 9.17) is 5.11 Å². The zero-order valence-corrected chi connectivity index (χ0v) is 10.0. The molecule has 1 heterocycles. The maximum Gasteiger partial charge on any atom is 0.303 e. The SMILES string of the molecule is O=C(O)CC1(CNC(=O)Cn2ccnn2)CCC1. The maximum absolute atomic E-state index is 11.6. The molecule has 1 saturated carbocycles. The van der Waals surface area contributed by atoms with Crippen LogP contribution in [0.15, 0.2) is 12.4 Å². The van der Waals surface area contributed by atoms with E-state index in [0.29, 0.717) is 6.54 Å². The van der Waals surface area contributed by atoms with Gasteiger partial charge >= 0.3 is 5.97 Å². The quantitative estimate of drug-likeness (QED) is 0.745. The number of carbonyl (C=O) groups is 2. The summed E-state index contributed by atoms with van der Waals surface area (Å²) in [6.45, 7) is 0.538. The van der Waals surface area contributed by atoms with Crippen LogP contribution in [0.25, 0.3) is 0 Å². The van der Waals surface area contributed by atoms with Gasteiger partial charge in [-0.3, -0.25) is 9.59 Å². The van der Waals surface area contributed by atoms with E-state index < -0.39 is 5.97 Å². The van der Waals surface area contributed by atoms with Gasteiger partial charge in [0.25, 0.3) is 0 Å². The van der Waals surface area contributed by atoms with Gasteiger partial charge in [0.2, 0.25) is 5.91 Å². The molecule has 1 aliphatic carbocycles. The lowest BCUT2D eigenvalue weighted by Crippen LogP contribution is -2.44.